The molecule has 0 heterocycles. The highest BCUT2D eigenvalue weighted by atomic mass is 16.6. The van der Waals surface area contributed by atoms with Crippen molar-refractivity contribution in [3.05, 3.63) is 35.4 Å². The molecule has 0 aliphatic carbocycles. The first-order valence-electron chi connectivity index (χ1n) is 7.31. The van der Waals surface area contributed by atoms with Gasteiger partial charge in [-0.2, -0.15) is 0 Å². The molecule has 1 rings (SSSR count). The molecular formula is C16H27NO4. The van der Waals surface area contributed by atoms with Crippen molar-refractivity contribution in [1.82, 2.24) is 5.32 Å². The quantitative estimate of drug-likeness (QED) is 0.561. The van der Waals surface area contributed by atoms with Gasteiger partial charge in [-0.15, -0.1) is 0 Å². The van der Waals surface area contributed by atoms with Gasteiger partial charge >= 0.3 is 0 Å². The molecule has 0 spiro atoms. The van der Waals surface area contributed by atoms with Gasteiger partial charge in [0.1, 0.15) is 0 Å². The first-order chi connectivity index (χ1) is 10.4. The van der Waals surface area contributed by atoms with Crippen LogP contribution in [0.4, 0.5) is 0 Å². The number of ether oxygens (including phenoxy) is 4. The highest BCUT2D eigenvalue weighted by molar-refractivity contribution is 5.21. The molecule has 0 saturated heterocycles. The van der Waals surface area contributed by atoms with Gasteiger partial charge in [0.05, 0.1) is 46.2 Å². The van der Waals surface area contributed by atoms with E-state index < -0.39 is 0 Å². The zero-order valence-corrected chi connectivity index (χ0v) is 13.1. The number of benzene rings is 1. The van der Waals surface area contributed by atoms with Crippen molar-refractivity contribution in [2.45, 2.75) is 13.2 Å². The van der Waals surface area contributed by atoms with Crippen molar-refractivity contribution in [3.8, 4) is 0 Å². The summed E-state index contributed by atoms with van der Waals surface area (Å²) in [7, 11) is 3.60. The Morgan fingerprint density at radius 2 is 1.29 bits per heavy atom. The lowest BCUT2D eigenvalue weighted by molar-refractivity contribution is 0.000868. The molecule has 0 fully saturated rings. The molecule has 5 heteroatoms. The Balaban J connectivity index is 1.94. The minimum atomic E-state index is 0.589. The molecule has 1 N–H and O–H groups in total. The van der Waals surface area contributed by atoms with Crippen LogP contribution in [-0.4, -0.2) is 53.8 Å². The second-order valence-electron chi connectivity index (χ2n) is 4.62. The summed E-state index contributed by atoms with van der Waals surface area (Å²) in [6.07, 6.45) is 0. The predicted octanol–water partition coefficient (Wildman–Crippen LogP) is 1.60. The summed E-state index contributed by atoms with van der Waals surface area (Å²) < 4.78 is 21.1. The van der Waals surface area contributed by atoms with Crippen LogP contribution in [0.5, 0.6) is 0 Å². The van der Waals surface area contributed by atoms with Crippen molar-refractivity contribution in [2.75, 3.05) is 53.8 Å². The summed E-state index contributed by atoms with van der Waals surface area (Å²) in [5.74, 6) is 0. The zero-order valence-electron chi connectivity index (χ0n) is 13.1. The molecule has 0 saturated carbocycles. The van der Waals surface area contributed by atoms with Gasteiger partial charge in [-0.05, 0) is 18.2 Å². The summed E-state index contributed by atoms with van der Waals surface area (Å²) in [5, 5.41) is 3.13. The molecule has 0 aromatic heterocycles. The van der Waals surface area contributed by atoms with Crippen LogP contribution in [0.2, 0.25) is 0 Å². The van der Waals surface area contributed by atoms with Gasteiger partial charge in [0, 0.05) is 13.7 Å². The lowest BCUT2D eigenvalue weighted by atomic mass is 10.1. The van der Waals surface area contributed by atoms with Crippen LogP contribution in [0.3, 0.4) is 0 Å². The summed E-state index contributed by atoms with van der Waals surface area (Å²) >= 11 is 0. The molecule has 0 bridgehead atoms. The van der Waals surface area contributed by atoms with E-state index in [-0.39, 0.29) is 0 Å². The van der Waals surface area contributed by atoms with Crippen LogP contribution in [0, 0.1) is 0 Å². The van der Waals surface area contributed by atoms with Gasteiger partial charge in [-0.3, -0.25) is 0 Å². The van der Waals surface area contributed by atoms with E-state index >= 15 is 0 Å². The molecule has 0 amide bonds. The molecule has 1 aromatic carbocycles. The number of rotatable bonds is 13. The molecule has 21 heavy (non-hydrogen) atoms. The van der Waals surface area contributed by atoms with Crippen LogP contribution >= 0.6 is 0 Å². The van der Waals surface area contributed by atoms with Gasteiger partial charge in [0.15, 0.2) is 0 Å². The van der Waals surface area contributed by atoms with Crippen molar-refractivity contribution in [1.29, 1.82) is 0 Å². The number of hydrogen-bond donors (Lipinski definition) is 1. The minimum absolute atomic E-state index is 0.589. The lowest BCUT2D eigenvalue weighted by Gasteiger charge is -2.07. The van der Waals surface area contributed by atoms with Crippen LogP contribution in [0.15, 0.2) is 24.3 Å². The van der Waals surface area contributed by atoms with E-state index in [0.29, 0.717) is 46.2 Å². The Bertz CT molecular complexity index is 343. The topological polar surface area (TPSA) is 49.0 Å². The largest absolute Gasteiger partial charge is 0.382 e. The first-order valence-corrected chi connectivity index (χ1v) is 7.31. The number of methoxy groups -OCH3 is 1. The normalized spacial score (nSPS) is 11.0. The van der Waals surface area contributed by atoms with Gasteiger partial charge in [0.2, 0.25) is 0 Å². The predicted molar refractivity (Wildman–Crippen MR) is 82.4 cm³/mol. The SMILES string of the molecule is CNCc1ccc(COCCOCCOCCOC)cc1. The maximum atomic E-state index is 5.56. The lowest BCUT2D eigenvalue weighted by Crippen LogP contribution is -2.11. The van der Waals surface area contributed by atoms with Crippen molar-refractivity contribution < 1.29 is 18.9 Å². The standard InChI is InChI=1S/C16H27NO4/c1-17-13-15-3-5-16(6-4-15)14-21-12-11-20-10-9-19-8-7-18-2/h3-6,17H,7-14H2,1-2H3. The van der Waals surface area contributed by atoms with Crippen molar-refractivity contribution in [2.24, 2.45) is 0 Å². The van der Waals surface area contributed by atoms with Gasteiger partial charge in [-0.25, -0.2) is 0 Å². The van der Waals surface area contributed by atoms with Gasteiger partial charge in [-0.1, -0.05) is 24.3 Å². The molecule has 0 aliphatic heterocycles. The molecule has 0 radical (unpaired) electrons. The van der Waals surface area contributed by atoms with E-state index in [0.717, 1.165) is 6.54 Å². The maximum Gasteiger partial charge on any atom is 0.0718 e. The Hall–Kier alpha value is -0.980. The third-order valence-electron chi connectivity index (χ3n) is 2.85. The monoisotopic (exact) mass is 297 g/mol. The highest BCUT2D eigenvalue weighted by Crippen LogP contribution is 2.05. The highest BCUT2D eigenvalue weighted by Gasteiger charge is 1.95. The Morgan fingerprint density at radius 1 is 0.762 bits per heavy atom. The average Bonchev–Trinajstić information content (AvgIpc) is 2.51. The van der Waals surface area contributed by atoms with E-state index in [1.54, 1.807) is 7.11 Å². The van der Waals surface area contributed by atoms with E-state index in [9.17, 15) is 0 Å². The fraction of sp³-hybridized carbons (Fsp3) is 0.625. The molecule has 0 unspecified atom stereocenters. The average molecular weight is 297 g/mol. The summed E-state index contributed by atoms with van der Waals surface area (Å²) in [6, 6.07) is 8.42. The fourth-order valence-corrected chi connectivity index (χ4v) is 1.73. The smallest absolute Gasteiger partial charge is 0.0718 e. The van der Waals surface area contributed by atoms with Crippen molar-refractivity contribution in [3.63, 3.8) is 0 Å². The maximum absolute atomic E-state index is 5.56. The summed E-state index contributed by atoms with van der Waals surface area (Å²) in [6.45, 7) is 5.11. The Morgan fingerprint density at radius 3 is 1.86 bits per heavy atom. The number of hydrogen-bond acceptors (Lipinski definition) is 5. The van der Waals surface area contributed by atoms with Gasteiger partial charge in [0.25, 0.3) is 0 Å². The molecule has 120 valence electrons. The second kappa shape index (κ2) is 12.7. The van der Waals surface area contributed by atoms with E-state index in [4.69, 9.17) is 18.9 Å². The molecule has 5 nitrogen and oxygen atoms in total. The Labute approximate surface area is 127 Å². The fourth-order valence-electron chi connectivity index (χ4n) is 1.73. The third kappa shape index (κ3) is 9.55. The molecule has 1 aromatic rings. The van der Waals surface area contributed by atoms with E-state index in [1.807, 2.05) is 7.05 Å². The van der Waals surface area contributed by atoms with Crippen LogP contribution in [0.1, 0.15) is 11.1 Å². The third-order valence-corrected chi connectivity index (χ3v) is 2.85. The van der Waals surface area contributed by atoms with Crippen LogP contribution in [0.25, 0.3) is 0 Å². The molecular weight excluding hydrogens is 270 g/mol. The summed E-state index contributed by atoms with van der Waals surface area (Å²) in [4.78, 5) is 0. The number of nitrogens with one attached hydrogen (secondary N) is 1. The van der Waals surface area contributed by atoms with Crippen LogP contribution < -0.4 is 5.32 Å². The van der Waals surface area contributed by atoms with Crippen molar-refractivity contribution >= 4 is 0 Å². The van der Waals surface area contributed by atoms with E-state index in [2.05, 4.69) is 29.6 Å². The van der Waals surface area contributed by atoms with Gasteiger partial charge < -0.3 is 24.3 Å². The molecule has 0 aliphatic rings. The first kappa shape index (κ1) is 18.1. The second-order valence-corrected chi connectivity index (χ2v) is 4.62. The minimum Gasteiger partial charge on any atom is -0.382 e. The van der Waals surface area contributed by atoms with Crippen LogP contribution in [-0.2, 0) is 32.1 Å². The zero-order chi connectivity index (χ0) is 15.2. The summed E-state index contributed by atoms with van der Waals surface area (Å²) in [5.41, 5.74) is 2.45. The Kier molecular flexibility index (Phi) is 11.0. The molecule has 0 atom stereocenters. The van der Waals surface area contributed by atoms with E-state index in [1.165, 1.54) is 11.1 Å².